The van der Waals surface area contributed by atoms with Gasteiger partial charge in [0.05, 0.1) is 6.54 Å². The number of benzene rings is 1. The predicted molar refractivity (Wildman–Crippen MR) is 98.7 cm³/mol. The van der Waals surface area contributed by atoms with E-state index in [0.717, 1.165) is 30.4 Å². The van der Waals surface area contributed by atoms with E-state index in [9.17, 15) is 9.59 Å². The molecule has 5 heteroatoms. The third-order valence-electron chi connectivity index (χ3n) is 4.85. The highest BCUT2D eigenvalue weighted by atomic mass is 16.2. The zero-order valence-corrected chi connectivity index (χ0v) is 14.6. The highest BCUT2D eigenvalue weighted by Crippen LogP contribution is 2.18. The first-order valence-corrected chi connectivity index (χ1v) is 8.86. The molecule has 1 amide bonds. The quantitative estimate of drug-likeness (QED) is 0.928. The van der Waals surface area contributed by atoms with Gasteiger partial charge in [0.25, 0.3) is 11.5 Å². The predicted octanol–water partition coefficient (Wildman–Crippen LogP) is 2.16. The van der Waals surface area contributed by atoms with Crippen molar-refractivity contribution < 1.29 is 4.79 Å². The Labute approximate surface area is 148 Å². The second-order valence-electron chi connectivity index (χ2n) is 6.73. The van der Waals surface area contributed by atoms with Crippen LogP contribution in [0.2, 0.25) is 0 Å². The average Bonchev–Trinajstić information content (AvgIpc) is 2.63. The zero-order chi connectivity index (χ0) is 17.8. The summed E-state index contributed by atoms with van der Waals surface area (Å²) in [6, 6.07) is 11.5. The Morgan fingerprint density at radius 1 is 1.24 bits per heavy atom. The van der Waals surface area contributed by atoms with E-state index in [0.29, 0.717) is 19.6 Å². The zero-order valence-electron chi connectivity index (χ0n) is 14.6. The molecule has 1 aliphatic heterocycles. The summed E-state index contributed by atoms with van der Waals surface area (Å²) in [5.41, 5.74) is 8.00. The molecule has 1 aromatic carbocycles. The Hall–Kier alpha value is -2.40. The number of nitrogens with zero attached hydrogens (tertiary/aromatic N) is 2. The van der Waals surface area contributed by atoms with Crippen molar-refractivity contribution in [1.82, 2.24) is 9.47 Å². The maximum absolute atomic E-state index is 12.9. The van der Waals surface area contributed by atoms with Crippen LogP contribution in [0, 0.1) is 6.92 Å². The molecule has 1 atom stereocenters. The fourth-order valence-corrected chi connectivity index (χ4v) is 3.50. The molecule has 0 aliphatic carbocycles. The van der Waals surface area contributed by atoms with E-state index >= 15 is 0 Å². The van der Waals surface area contributed by atoms with Crippen molar-refractivity contribution in [2.45, 2.75) is 38.8 Å². The highest BCUT2D eigenvalue weighted by Gasteiger charge is 2.28. The third kappa shape index (κ3) is 3.82. The Bertz CT molecular complexity index is 813. The number of hydrogen-bond acceptors (Lipinski definition) is 3. The van der Waals surface area contributed by atoms with E-state index in [4.69, 9.17) is 5.73 Å². The van der Waals surface area contributed by atoms with Crippen LogP contribution in [0.3, 0.4) is 0 Å². The number of carbonyl (C=O) groups is 1. The lowest BCUT2D eigenvalue weighted by molar-refractivity contribution is 0.0621. The second-order valence-corrected chi connectivity index (χ2v) is 6.73. The summed E-state index contributed by atoms with van der Waals surface area (Å²) in [7, 11) is 0. The minimum atomic E-state index is -0.240. The highest BCUT2D eigenvalue weighted by molar-refractivity contribution is 5.94. The van der Waals surface area contributed by atoms with Crippen molar-refractivity contribution >= 4 is 5.91 Å². The second kappa shape index (κ2) is 7.66. The fourth-order valence-electron chi connectivity index (χ4n) is 3.50. The van der Waals surface area contributed by atoms with Crippen LogP contribution in [-0.4, -0.2) is 34.5 Å². The third-order valence-corrected chi connectivity index (χ3v) is 4.85. The van der Waals surface area contributed by atoms with Crippen LogP contribution < -0.4 is 11.3 Å². The van der Waals surface area contributed by atoms with Crippen LogP contribution in [0.1, 0.15) is 40.7 Å². The molecule has 1 saturated heterocycles. The lowest BCUT2D eigenvalue weighted by Gasteiger charge is -2.35. The Kier molecular flexibility index (Phi) is 5.34. The molecule has 1 aliphatic rings. The van der Waals surface area contributed by atoms with Gasteiger partial charge in [-0.1, -0.05) is 29.8 Å². The number of likely N-dealkylation sites (tertiary alicyclic amines) is 1. The van der Waals surface area contributed by atoms with Crippen molar-refractivity contribution in [3.8, 4) is 0 Å². The summed E-state index contributed by atoms with van der Waals surface area (Å²) in [5, 5.41) is 0. The molecule has 1 aromatic heterocycles. The largest absolute Gasteiger partial charge is 0.334 e. The molecule has 0 saturated carbocycles. The molecular formula is C20H25N3O2. The number of aromatic nitrogens is 1. The van der Waals surface area contributed by atoms with Gasteiger partial charge in [-0.25, -0.2) is 0 Å². The van der Waals surface area contributed by atoms with Crippen LogP contribution >= 0.6 is 0 Å². The fraction of sp³-hybridized carbons (Fsp3) is 0.400. The van der Waals surface area contributed by atoms with Gasteiger partial charge in [0.2, 0.25) is 0 Å². The van der Waals surface area contributed by atoms with E-state index in [-0.39, 0.29) is 23.1 Å². The van der Waals surface area contributed by atoms with Gasteiger partial charge in [0.15, 0.2) is 0 Å². The molecule has 1 fully saturated rings. The first-order valence-electron chi connectivity index (χ1n) is 8.86. The van der Waals surface area contributed by atoms with E-state index in [2.05, 4.69) is 6.07 Å². The lowest BCUT2D eigenvalue weighted by Crippen LogP contribution is -2.49. The van der Waals surface area contributed by atoms with Crippen LogP contribution in [0.25, 0.3) is 0 Å². The van der Waals surface area contributed by atoms with Crippen molar-refractivity contribution in [2.24, 2.45) is 5.73 Å². The van der Waals surface area contributed by atoms with Crippen LogP contribution in [0.5, 0.6) is 0 Å². The molecule has 0 unspecified atom stereocenters. The minimum Gasteiger partial charge on any atom is -0.334 e. The monoisotopic (exact) mass is 339 g/mol. The summed E-state index contributed by atoms with van der Waals surface area (Å²) in [4.78, 5) is 27.5. The summed E-state index contributed by atoms with van der Waals surface area (Å²) in [6.45, 7) is 3.60. The average molecular weight is 339 g/mol. The molecule has 3 rings (SSSR count). The van der Waals surface area contributed by atoms with Gasteiger partial charge in [0, 0.05) is 25.3 Å². The molecule has 2 aromatic rings. The molecule has 2 heterocycles. The number of aryl methyl sites for hydroxylation is 1. The number of pyridine rings is 1. The molecule has 0 radical (unpaired) electrons. The maximum atomic E-state index is 12.9. The first-order chi connectivity index (χ1) is 12.1. The molecule has 2 N–H and O–H groups in total. The molecule has 0 spiro atoms. The van der Waals surface area contributed by atoms with E-state index < -0.39 is 0 Å². The van der Waals surface area contributed by atoms with Crippen molar-refractivity contribution in [1.29, 1.82) is 0 Å². The van der Waals surface area contributed by atoms with E-state index in [1.807, 2.05) is 25.1 Å². The standard InChI is InChI=1S/C20H25N3O2/c1-15-6-4-7-16(12-15)14-22-10-5-9-18(19(22)24)20(25)23-11-3-2-8-17(23)13-21/h4-7,9-10,12,17H,2-3,8,11,13-14,21H2,1H3/t17-/m1/s1. The number of piperidine rings is 1. The van der Waals surface area contributed by atoms with Crippen molar-refractivity contribution in [3.05, 3.63) is 69.6 Å². The number of hydrogen-bond donors (Lipinski definition) is 1. The van der Waals surface area contributed by atoms with E-state index in [1.54, 1.807) is 27.8 Å². The van der Waals surface area contributed by atoms with Crippen LogP contribution in [0.15, 0.2) is 47.4 Å². The summed E-state index contributed by atoms with van der Waals surface area (Å²) in [5.74, 6) is -0.196. The van der Waals surface area contributed by atoms with Gasteiger partial charge < -0.3 is 15.2 Å². The van der Waals surface area contributed by atoms with Crippen LogP contribution in [-0.2, 0) is 6.54 Å². The molecule has 5 nitrogen and oxygen atoms in total. The SMILES string of the molecule is Cc1cccc(Cn2cccc(C(=O)N3CCCC[C@@H]3CN)c2=O)c1. The summed E-state index contributed by atoms with van der Waals surface area (Å²) in [6.07, 6.45) is 4.69. The Morgan fingerprint density at radius 2 is 2.08 bits per heavy atom. The smallest absolute Gasteiger partial charge is 0.263 e. The Morgan fingerprint density at radius 3 is 2.84 bits per heavy atom. The topological polar surface area (TPSA) is 68.3 Å². The minimum absolute atomic E-state index is 0.0334. The van der Waals surface area contributed by atoms with Crippen molar-refractivity contribution in [2.75, 3.05) is 13.1 Å². The summed E-state index contributed by atoms with van der Waals surface area (Å²) < 4.78 is 1.60. The van der Waals surface area contributed by atoms with Gasteiger partial charge in [-0.05, 0) is 43.9 Å². The van der Waals surface area contributed by atoms with Crippen LogP contribution in [0.4, 0.5) is 0 Å². The summed E-state index contributed by atoms with van der Waals surface area (Å²) >= 11 is 0. The van der Waals surface area contributed by atoms with Gasteiger partial charge in [0.1, 0.15) is 5.56 Å². The first kappa shape index (κ1) is 17.4. The number of nitrogens with two attached hydrogens (primary N) is 1. The van der Waals surface area contributed by atoms with Gasteiger partial charge >= 0.3 is 0 Å². The molecule has 0 bridgehead atoms. The lowest BCUT2D eigenvalue weighted by atomic mass is 10.0. The molecule has 25 heavy (non-hydrogen) atoms. The van der Waals surface area contributed by atoms with Gasteiger partial charge in [-0.15, -0.1) is 0 Å². The van der Waals surface area contributed by atoms with Gasteiger partial charge in [-0.2, -0.15) is 0 Å². The number of carbonyl (C=O) groups excluding carboxylic acids is 1. The Balaban J connectivity index is 1.88. The van der Waals surface area contributed by atoms with Crippen molar-refractivity contribution in [3.63, 3.8) is 0 Å². The maximum Gasteiger partial charge on any atom is 0.263 e. The molecular weight excluding hydrogens is 314 g/mol. The number of rotatable bonds is 4. The molecule has 132 valence electrons. The van der Waals surface area contributed by atoms with E-state index in [1.165, 1.54) is 0 Å². The number of amides is 1. The van der Waals surface area contributed by atoms with Gasteiger partial charge in [-0.3, -0.25) is 9.59 Å². The normalized spacial score (nSPS) is 17.5.